The molecule has 5 heteroatoms. The van der Waals surface area contributed by atoms with Gasteiger partial charge in [-0.25, -0.2) is 8.42 Å². The summed E-state index contributed by atoms with van der Waals surface area (Å²) in [6, 6.07) is 27.9. The molecule has 1 aliphatic rings. The van der Waals surface area contributed by atoms with Crippen LogP contribution in [0.25, 0.3) is 0 Å². The fourth-order valence-electron chi connectivity index (χ4n) is 3.51. The highest BCUT2D eigenvalue weighted by Gasteiger charge is 2.45. The highest BCUT2D eigenvalue weighted by atomic mass is 32.2. The van der Waals surface area contributed by atoms with E-state index in [1.165, 1.54) is 0 Å². The van der Waals surface area contributed by atoms with E-state index in [1.54, 1.807) is 29.3 Å². The first-order chi connectivity index (χ1) is 13.2. The molecule has 3 aromatic rings. The molecule has 1 fully saturated rings. The van der Waals surface area contributed by atoms with Gasteiger partial charge >= 0.3 is 0 Å². The van der Waals surface area contributed by atoms with Gasteiger partial charge in [0.2, 0.25) is 0 Å². The van der Waals surface area contributed by atoms with Crippen LogP contribution in [-0.2, 0) is 21.2 Å². The fourth-order valence-corrected chi connectivity index (χ4v) is 5.27. The maximum Gasteiger partial charge on any atom is 0.185 e. The van der Waals surface area contributed by atoms with Crippen molar-refractivity contribution in [2.45, 2.75) is 22.7 Å². The highest BCUT2D eigenvalue weighted by Crippen LogP contribution is 2.38. The highest BCUT2D eigenvalue weighted by molar-refractivity contribution is 7.92. The zero-order chi connectivity index (χ0) is 18.7. The Balaban J connectivity index is 1.71. The number of nitrogens with zero attached hydrogens (tertiary/aromatic N) is 1. The van der Waals surface area contributed by atoms with Crippen molar-refractivity contribution in [2.24, 2.45) is 0 Å². The molecular formula is C22H21NO3S. The summed E-state index contributed by atoms with van der Waals surface area (Å²) < 4.78 is 26.6. The molecule has 138 valence electrons. The smallest absolute Gasteiger partial charge is 0.185 e. The maximum absolute atomic E-state index is 13.3. The molecular weight excluding hydrogens is 358 g/mol. The molecule has 0 saturated carbocycles. The number of rotatable bonds is 5. The van der Waals surface area contributed by atoms with Crippen LogP contribution in [0.1, 0.15) is 17.2 Å². The van der Waals surface area contributed by atoms with Gasteiger partial charge in [-0.15, -0.1) is 0 Å². The zero-order valence-corrected chi connectivity index (χ0v) is 15.6. The average Bonchev–Trinajstić information content (AvgIpc) is 3.14. The maximum atomic E-state index is 13.3. The zero-order valence-electron chi connectivity index (χ0n) is 14.8. The molecule has 3 aromatic carbocycles. The van der Waals surface area contributed by atoms with Crippen LogP contribution in [0.5, 0.6) is 0 Å². The molecule has 0 radical (unpaired) electrons. The van der Waals surface area contributed by atoms with E-state index in [0.29, 0.717) is 11.4 Å². The van der Waals surface area contributed by atoms with Gasteiger partial charge in [0.05, 0.1) is 17.5 Å². The summed E-state index contributed by atoms with van der Waals surface area (Å²) in [6.07, 6.45) is 0. The summed E-state index contributed by atoms with van der Waals surface area (Å²) in [5.74, 6) is 0. The number of sulfone groups is 1. The molecule has 4 nitrogen and oxygen atoms in total. The monoisotopic (exact) mass is 379 g/mol. The van der Waals surface area contributed by atoms with E-state index >= 15 is 0 Å². The normalized spacial score (nSPS) is 20.6. The predicted octanol–water partition coefficient (Wildman–Crippen LogP) is 4.02. The van der Waals surface area contributed by atoms with Gasteiger partial charge in [0.1, 0.15) is 5.25 Å². The summed E-state index contributed by atoms with van der Waals surface area (Å²) >= 11 is 0. The SMILES string of the molecule is O=S(=O)(c1ccccc1)[C@H]1CON(Cc2ccccc2)[C@@H]1c1ccccc1. The fraction of sp³-hybridized carbons (Fsp3) is 0.182. The largest absolute Gasteiger partial charge is 0.297 e. The lowest BCUT2D eigenvalue weighted by Crippen LogP contribution is -2.32. The van der Waals surface area contributed by atoms with Crippen molar-refractivity contribution in [1.29, 1.82) is 0 Å². The van der Waals surface area contributed by atoms with Crippen molar-refractivity contribution in [2.75, 3.05) is 6.61 Å². The third-order valence-electron chi connectivity index (χ3n) is 4.86. The molecule has 1 saturated heterocycles. The van der Waals surface area contributed by atoms with Gasteiger partial charge < -0.3 is 0 Å². The Bertz CT molecular complexity index is 976. The molecule has 1 heterocycles. The third kappa shape index (κ3) is 3.67. The van der Waals surface area contributed by atoms with Crippen molar-refractivity contribution in [3.8, 4) is 0 Å². The van der Waals surface area contributed by atoms with E-state index in [-0.39, 0.29) is 12.6 Å². The Hall–Kier alpha value is -2.47. The summed E-state index contributed by atoms with van der Waals surface area (Å²) in [5, 5.41) is 1.14. The van der Waals surface area contributed by atoms with Crippen LogP contribution in [0.3, 0.4) is 0 Å². The minimum Gasteiger partial charge on any atom is -0.297 e. The molecule has 0 amide bonds. The average molecular weight is 379 g/mol. The predicted molar refractivity (Wildman–Crippen MR) is 105 cm³/mol. The van der Waals surface area contributed by atoms with Gasteiger partial charge in [0.15, 0.2) is 9.84 Å². The Kier molecular flexibility index (Phi) is 5.07. The molecule has 0 N–H and O–H groups in total. The van der Waals surface area contributed by atoms with Crippen molar-refractivity contribution in [1.82, 2.24) is 5.06 Å². The summed E-state index contributed by atoms with van der Waals surface area (Å²) in [6.45, 7) is 0.671. The topological polar surface area (TPSA) is 46.6 Å². The number of hydroxylamine groups is 2. The van der Waals surface area contributed by atoms with Gasteiger partial charge in [-0.1, -0.05) is 78.9 Å². The van der Waals surface area contributed by atoms with E-state index in [9.17, 15) is 8.42 Å². The van der Waals surface area contributed by atoms with Gasteiger partial charge in [-0.3, -0.25) is 4.84 Å². The second kappa shape index (κ2) is 7.64. The molecule has 0 bridgehead atoms. The van der Waals surface area contributed by atoms with Crippen molar-refractivity contribution >= 4 is 9.84 Å². The molecule has 0 unspecified atom stereocenters. The summed E-state index contributed by atoms with van der Waals surface area (Å²) in [4.78, 5) is 6.23. The first-order valence-electron chi connectivity index (χ1n) is 8.93. The van der Waals surface area contributed by atoms with Gasteiger partial charge in [-0.05, 0) is 23.3 Å². The second-order valence-corrected chi connectivity index (χ2v) is 8.78. The molecule has 1 aliphatic heterocycles. The van der Waals surface area contributed by atoms with Gasteiger partial charge in [0, 0.05) is 6.54 Å². The van der Waals surface area contributed by atoms with Crippen LogP contribution >= 0.6 is 0 Å². The lowest BCUT2D eigenvalue weighted by atomic mass is 10.0. The molecule has 0 spiro atoms. The number of benzene rings is 3. The van der Waals surface area contributed by atoms with Crippen molar-refractivity contribution in [3.63, 3.8) is 0 Å². The van der Waals surface area contributed by atoms with Crippen LogP contribution in [0, 0.1) is 0 Å². The van der Waals surface area contributed by atoms with Crippen LogP contribution < -0.4 is 0 Å². The van der Waals surface area contributed by atoms with Crippen LogP contribution in [0.4, 0.5) is 0 Å². The Morgan fingerprint density at radius 3 is 2.00 bits per heavy atom. The first kappa shape index (κ1) is 17.9. The lowest BCUT2D eigenvalue weighted by molar-refractivity contribution is -0.141. The molecule has 4 rings (SSSR count). The Labute approximate surface area is 159 Å². The van der Waals surface area contributed by atoms with Crippen LogP contribution in [0.2, 0.25) is 0 Å². The minimum atomic E-state index is -3.53. The number of hydrogen-bond acceptors (Lipinski definition) is 4. The van der Waals surface area contributed by atoms with E-state index in [2.05, 4.69) is 0 Å². The van der Waals surface area contributed by atoms with E-state index in [1.807, 2.05) is 66.7 Å². The van der Waals surface area contributed by atoms with Gasteiger partial charge in [0.25, 0.3) is 0 Å². The van der Waals surface area contributed by atoms with Crippen molar-refractivity contribution in [3.05, 3.63) is 102 Å². The Morgan fingerprint density at radius 2 is 1.37 bits per heavy atom. The van der Waals surface area contributed by atoms with Crippen LogP contribution in [-0.4, -0.2) is 25.3 Å². The standard InChI is InChI=1S/C22H21NO3S/c24-27(25,20-14-8-3-9-15-20)21-17-26-23(16-18-10-4-1-5-11-18)22(21)19-12-6-2-7-13-19/h1-15,21-22H,16-17H2/t21-,22+/m0/s1. The summed E-state index contributed by atoms with van der Waals surface area (Å²) in [7, 11) is -3.53. The molecule has 27 heavy (non-hydrogen) atoms. The van der Waals surface area contributed by atoms with E-state index in [4.69, 9.17) is 4.84 Å². The molecule has 2 atom stereocenters. The Morgan fingerprint density at radius 1 is 0.815 bits per heavy atom. The number of hydrogen-bond donors (Lipinski definition) is 0. The first-order valence-corrected chi connectivity index (χ1v) is 10.5. The molecule has 0 aromatic heterocycles. The van der Waals surface area contributed by atoms with Crippen molar-refractivity contribution < 1.29 is 13.3 Å². The quantitative estimate of drug-likeness (QED) is 0.672. The lowest BCUT2D eigenvalue weighted by Gasteiger charge is -2.26. The summed E-state index contributed by atoms with van der Waals surface area (Å²) in [5.41, 5.74) is 2.02. The van der Waals surface area contributed by atoms with Gasteiger partial charge in [-0.2, -0.15) is 5.06 Å². The van der Waals surface area contributed by atoms with Crippen LogP contribution in [0.15, 0.2) is 95.9 Å². The molecule has 0 aliphatic carbocycles. The van der Waals surface area contributed by atoms with E-state index < -0.39 is 15.1 Å². The minimum absolute atomic E-state index is 0.142. The third-order valence-corrected chi connectivity index (χ3v) is 6.98. The van der Waals surface area contributed by atoms with E-state index in [0.717, 1.165) is 11.1 Å². The second-order valence-electron chi connectivity index (χ2n) is 6.61.